The molecule has 0 aliphatic heterocycles. The number of hydrogen-bond donors (Lipinski definition) is 1. The van der Waals surface area contributed by atoms with Gasteiger partial charge < -0.3 is 5.11 Å². The van der Waals surface area contributed by atoms with Crippen molar-refractivity contribution in [1.29, 1.82) is 0 Å². The van der Waals surface area contributed by atoms with E-state index >= 15 is 0 Å². The lowest BCUT2D eigenvalue weighted by Crippen LogP contribution is -2.00. The molecule has 0 fully saturated rings. The molecule has 1 nitrogen and oxygen atoms in total. The van der Waals surface area contributed by atoms with Gasteiger partial charge in [-0.15, -0.1) is 0 Å². The van der Waals surface area contributed by atoms with Gasteiger partial charge in [0.05, 0.1) is 0 Å². The Morgan fingerprint density at radius 1 is 1.73 bits per heavy atom. The van der Waals surface area contributed by atoms with Gasteiger partial charge in [-0.1, -0.05) is 24.1 Å². The molecule has 0 rings (SSSR count). The molecule has 0 radical (unpaired) electrons. The molecule has 1 unspecified atom stereocenters. The van der Waals surface area contributed by atoms with Crippen molar-refractivity contribution in [2.75, 3.05) is 12.4 Å². The summed E-state index contributed by atoms with van der Waals surface area (Å²) in [7, 11) is 0. The summed E-state index contributed by atoms with van der Waals surface area (Å²) in [6.07, 6.45) is 0.861. The molecule has 0 spiro atoms. The summed E-state index contributed by atoms with van der Waals surface area (Å²) >= 11 is 7.31. The highest BCUT2D eigenvalue weighted by Gasteiger charge is 2.00. The highest BCUT2D eigenvalue weighted by atomic mass is 35.5. The van der Waals surface area contributed by atoms with Gasteiger partial charge in [-0.3, -0.25) is 0 Å². The van der Waals surface area contributed by atoms with E-state index in [1.54, 1.807) is 5.54 Å². The van der Waals surface area contributed by atoms with Crippen LogP contribution in [0, 0.1) is 0 Å². The average Bonchev–Trinajstić information content (AvgIpc) is 2.01. The van der Waals surface area contributed by atoms with E-state index in [-0.39, 0.29) is 6.61 Å². The molecule has 0 aliphatic rings. The van der Waals surface area contributed by atoms with Crippen LogP contribution in [0.4, 0.5) is 0 Å². The summed E-state index contributed by atoms with van der Waals surface area (Å²) in [5.41, 5.74) is 2.79. The summed E-state index contributed by atoms with van der Waals surface area (Å²) in [4.78, 5) is 0. The van der Waals surface area contributed by atoms with Gasteiger partial charge in [-0.2, -0.15) is 11.8 Å². The van der Waals surface area contributed by atoms with Crippen LogP contribution < -0.4 is 0 Å². The fraction of sp³-hybridized carbons (Fsp3) is 0.750. The molecular weight excluding hydrogens is 180 g/mol. The minimum atomic E-state index is 0.276. The lowest BCUT2D eigenvalue weighted by molar-refractivity contribution is 0.289. The zero-order valence-corrected chi connectivity index (χ0v) is 8.58. The molecule has 0 aromatic carbocycles. The maximum atomic E-state index is 8.61. The van der Waals surface area contributed by atoms with E-state index in [9.17, 15) is 0 Å². The van der Waals surface area contributed by atoms with Crippen molar-refractivity contribution < 1.29 is 5.11 Å². The van der Waals surface area contributed by atoms with E-state index in [4.69, 9.17) is 16.7 Å². The second-order valence-corrected chi connectivity index (χ2v) is 4.23. The van der Waals surface area contributed by atoms with Gasteiger partial charge in [0.15, 0.2) is 0 Å². The van der Waals surface area contributed by atoms with Crippen molar-refractivity contribution in [2.45, 2.75) is 25.5 Å². The Bertz CT molecular complexity index is 125. The molecule has 0 heterocycles. The normalized spacial score (nSPS) is 15.1. The smallest absolute Gasteiger partial charge is 0.0441 e. The minimum Gasteiger partial charge on any atom is -0.396 e. The molecule has 1 atom stereocenters. The van der Waals surface area contributed by atoms with Crippen molar-refractivity contribution >= 4 is 23.4 Å². The Labute approximate surface area is 77.8 Å². The van der Waals surface area contributed by atoms with Gasteiger partial charge >= 0.3 is 0 Å². The van der Waals surface area contributed by atoms with E-state index in [1.807, 2.05) is 18.7 Å². The van der Waals surface area contributed by atoms with E-state index in [1.165, 1.54) is 5.57 Å². The van der Waals surface area contributed by atoms with Crippen molar-refractivity contribution in [3.8, 4) is 0 Å². The van der Waals surface area contributed by atoms with Crippen molar-refractivity contribution in [3.05, 3.63) is 11.1 Å². The van der Waals surface area contributed by atoms with E-state index in [0.717, 1.165) is 12.2 Å². The third-order valence-electron chi connectivity index (χ3n) is 1.32. The largest absolute Gasteiger partial charge is 0.396 e. The average molecular weight is 195 g/mol. The van der Waals surface area contributed by atoms with Gasteiger partial charge in [-0.25, -0.2) is 0 Å². The van der Waals surface area contributed by atoms with Crippen molar-refractivity contribution in [1.82, 2.24) is 0 Å². The zero-order valence-electron chi connectivity index (χ0n) is 7.01. The molecular formula is C8H15ClOS. The van der Waals surface area contributed by atoms with Crippen LogP contribution in [0.5, 0.6) is 0 Å². The molecule has 66 valence electrons. The molecule has 0 aromatic rings. The SMILES string of the molecule is CC(=CCl)CSC(C)CCO. The highest BCUT2D eigenvalue weighted by Crippen LogP contribution is 2.16. The van der Waals surface area contributed by atoms with Crippen LogP contribution in [-0.2, 0) is 0 Å². The molecule has 0 aliphatic carbocycles. The van der Waals surface area contributed by atoms with Crippen LogP contribution in [-0.4, -0.2) is 22.7 Å². The number of halogens is 1. The van der Waals surface area contributed by atoms with Crippen LogP contribution in [0.2, 0.25) is 0 Å². The van der Waals surface area contributed by atoms with E-state index < -0.39 is 0 Å². The van der Waals surface area contributed by atoms with Crippen LogP contribution in [0.25, 0.3) is 0 Å². The fourth-order valence-corrected chi connectivity index (χ4v) is 1.64. The van der Waals surface area contributed by atoms with Gasteiger partial charge in [0.2, 0.25) is 0 Å². The third-order valence-corrected chi connectivity index (χ3v) is 3.12. The lowest BCUT2D eigenvalue weighted by Gasteiger charge is -2.08. The summed E-state index contributed by atoms with van der Waals surface area (Å²) in [6.45, 7) is 4.39. The third kappa shape index (κ3) is 6.73. The van der Waals surface area contributed by atoms with Crippen LogP contribution in [0.1, 0.15) is 20.3 Å². The Balaban J connectivity index is 3.37. The number of thioether (sulfide) groups is 1. The predicted octanol–water partition coefficient (Wildman–Crippen LogP) is 2.63. The van der Waals surface area contributed by atoms with Crippen LogP contribution >= 0.6 is 23.4 Å². The molecule has 11 heavy (non-hydrogen) atoms. The first-order valence-electron chi connectivity index (χ1n) is 3.69. The predicted molar refractivity (Wildman–Crippen MR) is 53.2 cm³/mol. The van der Waals surface area contributed by atoms with Crippen LogP contribution in [0.15, 0.2) is 11.1 Å². The van der Waals surface area contributed by atoms with E-state index in [0.29, 0.717) is 5.25 Å². The molecule has 3 heteroatoms. The first-order chi connectivity index (χ1) is 5.20. The maximum absolute atomic E-state index is 8.61. The first kappa shape index (κ1) is 11.3. The zero-order chi connectivity index (χ0) is 8.69. The number of rotatable bonds is 5. The summed E-state index contributed by atoms with van der Waals surface area (Å²) < 4.78 is 0. The summed E-state index contributed by atoms with van der Waals surface area (Å²) in [5, 5.41) is 9.13. The Hall–Kier alpha value is 0.340. The maximum Gasteiger partial charge on any atom is 0.0441 e. The van der Waals surface area contributed by atoms with Gasteiger partial charge in [0, 0.05) is 23.1 Å². The standard InChI is InChI=1S/C8H15ClOS/c1-7(5-9)6-11-8(2)3-4-10/h5,8,10H,3-4,6H2,1-2H3. The first-order valence-corrected chi connectivity index (χ1v) is 5.17. The molecule has 1 N–H and O–H groups in total. The number of aliphatic hydroxyl groups is 1. The number of hydrogen-bond acceptors (Lipinski definition) is 2. The molecule has 0 amide bonds. The highest BCUT2D eigenvalue weighted by molar-refractivity contribution is 8.00. The van der Waals surface area contributed by atoms with Gasteiger partial charge in [0.25, 0.3) is 0 Å². The second kappa shape index (κ2) is 7.01. The van der Waals surface area contributed by atoms with E-state index in [2.05, 4.69) is 6.92 Å². The molecule has 0 bridgehead atoms. The molecule has 0 saturated heterocycles. The molecule has 0 aromatic heterocycles. The summed E-state index contributed by atoms with van der Waals surface area (Å²) in [5.74, 6) is 0.963. The fourth-order valence-electron chi connectivity index (χ4n) is 0.570. The summed E-state index contributed by atoms with van der Waals surface area (Å²) in [6, 6.07) is 0. The lowest BCUT2D eigenvalue weighted by atomic mass is 10.3. The Morgan fingerprint density at radius 2 is 2.36 bits per heavy atom. The quantitative estimate of drug-likeness (QED) is 0.726. The Kier molecular flexibility index (Phi) is 7.23. The van der Waals surface area contributed by atoms with Gasteiger partial charge in [-0.05, 0) is 13.3 Å². The molecule has 0 saturated carbocycles. The van der Waals surface area contributed by atoms with Crippen molar-refractivity contribution in [3.63, 3.8) is 0 Å². The second-order valence-electron chi connectivity index (χ2n) is 2.59. The minimum absolute atomic E-state index is 0.276. The van der Waals surface area contributed by atoms with Crippen molar-refractivity contribution in [2.24, 2.45) is 0 Å². The number of aliphatic hydroxyl groups excluding tert-OH is 1. The Morgan fingerprint density at radius 3 is 2.82 bits per heavy atom. The van der Waals surface area contributed by atoms with Crippen LogP contribution in [0.3, 0.4) is 0 Å². The monoisotopic (exact) mass is 194 g/mol. The van der Waals surface area contributed by atoms with Gasteiger partial charge in [0.1, 0.15) is 0 Å². The topological polar surface area (TPSA) is 20.2 Å².